The van der Waals surface area contributed by atoms with Gasteiger partial charge in [0.1, 0.15) is 189 Å². The third kappa shape index (κ3) is 16.9. The van der Waals surface area contributed by atoms with Crippen molar-refractivity contribution in [2.75, 3.05) is 59.5 Å². The van der Waals surface area contributed by atoms with Crippen LogP contribution in [0.1, 0.15) is 6.92 Å². The normalized spacial score (nSPS) is 48.5. The molecule has 7 rings (SSSR count). The van der Waals surface area contributed by atoms with Gasteiger partial charge in [-0.05, 0) is 0 Å². The summed E-state index contributed by atoms with van der Waals surface area (Å²) in [7, 11) is 0. The molecule has 7 saturated heterocycles. The molecule has 7 aliphatic rings. The summed E-state index contributed by atoms with van der Waals surface area (Å²) in [6, 6.07) is -1.71. The molecular formula is C50H87NO41. The molecule has 0 aliphatic carbocycles. The number of amides is 1. The summed E-state index contributed by atoms with van der Waals surface area (Å²) in [5.74, 6) is -0.849. The predicted molar refractivity (Wildman–Crippen MR) is 278 cm³/mol. The third-order valence-electron chi connectivity index (χ3n) is 16.7. The first-order valence-corrected chi connectivity index (χ1v) is 29.1. The fourth-order valence-corrected chi connectivity index (χ4v) is 11.2. The van der Waals surface area contributed by atoms with E-state index in [0.717, 1.165) is 6.92 Å². The van der Waals surface area contributed by atoms with E-state index >= 15 is 0 Å². The van der Waals surface area contributed by atoms with Gasteiger partial charge in [0.2, 0.25) is 5.91 Å². The Morgan fingerprint density at radius 3 is 1.01 bits per heavy atom. The fourth-order valence-electron chi connectivity index (χ4n) is 11.2. The lowest BCUT2D eigenvalue weighted by Gasteiger charge is -2.49. The Hall–Kier alpha value is -2.13. The number of rotatable bonds is 27. The number of carbonyl (C=O) groups excluding carboxylic acids is 1. The Balaban J connectivity index is 1.24. The molecule has 42 heteroatoms. The first-order valence-electron chi connectivity index (χ1n) is 29.1. The van der Waals surface area contributed by atoms with Gasteiger partial charge in [0.15, 0.2) is 44.0 Å². The molecule has 1 amide bonds. The maximum absolute atomic E-state index is 12.2. The summed E-state index contributed by atoms with van der Waals surface area (Å²) in [4.78, 5) is 12.1. The molecule has 0 unspecified atom stereocenters. The second kappa shape index (κ2) is 34.1. The van der Waals surface area contributed by atoms with Crippen molar-refractivity contribution in [3.8, 4) is 0 Å². The van der Waals surface area contributed by atoms with Gasteiger partial charge in [0.25, 0.3) is 0 Å². The molecule has 39 atom stereocenters. The topological polar surface area (TPSA) is 684 Å². The Labute approximate surface area is 520 Å². The van der Waals surface area contributed by atoms with Crippen LogP contribution in [0.2, 0.25) is 0 Å². The van der Waals surface area contributed by atoms with Gasteiger partial charge in [-0.2, -0.15) is 0 Å². The van der Waals surface area contributed by atoms with Crippen molar-refractivity contribution in [2.24, 2.45) is 0 Å². The molecule has 27 N–H and O–H groups in total. The summed E-state index contributed by atoms with van der Waals surface area (Å²) >= 11 is 0. The van der Waals surface area contributed by atoms with Crippen LogP contribution < -0.4 is 5.32 Å². The van der Waals surface area contributed by atoms with Crippen LogP contribution in [0, 0.1) is 0 Å². The smallest absolute Gasteiger partial charge is 0.217 e. The van der Waals surface area contributed by atoms with Gasteiger partial charge in [-0.25, -0.2) is 0 Å². The largest absolute Gasteiger partial charge is 0.394 e. The highest BCUT2D eigenvalue weighted by Gasteiger charge is 2.58. The molecule has 0 saturated carbocycles. The second-order valence-electron chi connectivity index (χ2n) is 23.0. The van der Waals surface area contributed by atoms with Gasteiger partial charge in [-0.15, -0.1) is 0 Å². The van der Waals surface area contributed by atoms with Crippen LogP contribution in [-0.2, 0) is 71.1 Å². The van der Waals surface area contributed by atoms with E-state index in [9.17, 15) is 138 Å². The van der Waals surface area contributed by atoms with Crippen molar-refractivity contribution < 1.29 is 204 Å². The van der Waals surface area contributed by atoms with Crippen LogP contribution in [0.3, 0.4) is 0 Å². The van der Waals surface area contributed by atoms with Crippen molar-refractivity contribution in [2.45, 2.75) is 246 Å². The number of hydrogen-bond acceptors (Lipinski definition) is 41. The molecule has 7 heterocycles. The number of aliphatic hydroxyl groups excluding tert-OH is 26. The first kappa shape index (κ1) is 77.2. The summed E-state index contributed by atoms with van der Waals surface area (Å²) < 4.78 is 80.3. The van der Waals surface area contributed by atoms with E-state index in [4.69, 9.17) is 66.3 Å². The zero-order valence-corrected chi connectivity index (χ0v) is 48.6. The minimum absolute atomic E-state index is 0.849. The number of carbonyl (C=O) groups is 1. The minimum atomic E-state index is -2.50. The van der Waals surface area contributed by atoms with Crippen molar-refractivity contribution in [3.63, 3.8) is 0 Å². The van der Waals surface area contributed by atoms with Crippen LogP contribution in [-0.4, -0.2) is 437 Å². The highest BCUT2D eigenvalue weighted by Crippen LogP contribution is 2.38. The fraction of sp³-hybridized carbons (Fsp3) is 0.980. The van der Waals surface area contributed by atoms with Crippen LogP contribution in [0.5, 0.6) is 0 Å². The SMILES string of the molecule is CC(=O)N[C@@H](CO)[C@@H](O)[C@H](O[C@@H]1O[C@H](CO[C@H]2O[C@H](CO[C@H]3O[C@H](CO)[C@@H](O)[C@H](O)[C@@H]3O)[C@@H](O)[C@H](O[C@H]3O[C@H](CO)[C@@H](O)[C@@H](O)[C@@H]3O[C@H]3O[C@H](CO)[C@@H](O)[C@H](O)[C@@H]3O)[C@@H]2O)[C@@H](O)[C@H](O[C@H]2O[C@H](CO)[C@@H](O)[C@H](O)[C@@H]2O[C@H]2O[C@H](CO)[C@@H](O)[C@H](O)[C@@H]2O)[C@@H]1O)[C@H](O)CO. The zero-order chi connectivity index (χ0) is 68.1. The Kier molecular flexibility index (Phi) is 28.6. The van der Waals surface area contributed by atoms with Crippen LogP contribution in [0.4, 0.5) is 0 Å². The monoisotopic (exact) mass is 1360 g/mol. The van der Waals surface area contributed by atoms with Gasteiger partial charge in [0, 0.05) is 6.92 Å². The van der Waals surface area contributed by atoms with E-state index in [1.807, 2.05) is 0 Å². The quantitative estimate of drug-likeness (QED) is 0.0363. The first-order chi connectivity index (χ1) is 43.5. The van der Waals surface area contributed by atoms with Crippen LogP contribution >= 0.6 is 0 Å². The summed E-state index contributed by atoms with van der Waals surface area (Å²) in [6.07, 6.45) is -80.5. The average Bonchev–Trinajstić information content (AvgIpc) is 0.783. The highest BCUT2D eigenvalue weighted by atomic mass is 16.8. The van der Waals surface area contributed by atoms with Crippen molar-refractivity contribution in [3.05, 3.63) is 0 Å². The van der Waals surface area contributed by atoms with Crippen molar-refractivity contribution in [1.29, 1.82) is 0 Å². The second-order valence-corrected chi connectivity index (χ2v) is 23.0. The van der Waals surface area contributed by atoms with Gasteiger partial charge in [-0.1, -0.05) is 0 Å². The molecule has 0 aromatic rings. The molecule has 0 aromatic heterocycles. The average molecular weight is 1360 g/mol. The highest BCUT2D eigenvalue weighted by molar-refractivity contribution is 5.73. The standard InChI is InChI=1S/C50H87NO41/c1-11(59)51-12(2-52)21(61)39(13(60)3-53)88-48-38(78)41(90-50-43(33(73)26(66)18(8-58)85-50)92-47-36(76)31(71)24(64)16(6-56)83-47)28(68)20(87-48)10-80-45-37(77)40(27(67)19(86-45)9-79-44-34(74)29(69)22(62)14(4-54)81-44)89-49-42(32(72)25(65)17(7-57)84-49)91-46-35(75)30(70)23(63)15(5-55)82-46/h12-50,52-58,60-78H,2-10H2,1H3,(H,51,59)/t12-,13+,14+,15+,16+,17+,18+,19+,20+,21+,22+,23+,24+,25+,26+,27+,28+,29-,30-,31-,32+,33-,34-,35-,36-,37-,38-,39+,40-,41-,42-,43-,44-,45-,46+,47+,48-,49+,50+/m0/s1. The van der Waals surface area contributed by atoms with E-state index in [-0.39, 0.29) is 0 Å². The van der Waals surface area contributed by atoms with E-state index in [1.54, 1.807) is 0 Å². The Morgan fingerprint density at radius 2 is 0.652 bits per heavy atom. The molecule has 0 spiro atoms. The molecule has 7 aliphatic heterocycles. The summed E-state index contributed by atoms with van der Waals surface area (Å²) in [5.41, 5.74) is 0. The number of hydrogen-bond donors (Lipinski definition) is 27. The summed E-state index contributed by atoms with van der Waals surface area (Å²) in [5, 5.41) is 283. The van der Waals surface area contributed by atoms with E-state index in [1.165, 1.54) is 0 Å². The van der Waals surface area contributed by atoms with Gasteiger partial charge in [-0.3, -0.25) is 4.79 Å². The van der Waals surface area contributed by atoms with Crippen molar-refractivity contribution in [1.82, 2.24) is 5.32 Å². The van der Waals surface area contributed by atoms with E-state index in [0.29, 0.717) is 0 Å². The lowest BCUT2D eigenvalue weighted by molar-refractivity contribution is -0.398. The lowest BCUT2D eigenvalue weighted by atomic mass is 9.95. The minimum Gasteiger partial charge on any atom is -0.394 e. The number of ether oxygens (including phenoxy) is 14. The molecule has 538 valence electrons. The van der Waals surface area contributed by atoms with Crippen LogP contribution in [0.15, 0.2) is 0 Å². The molecular weight excluding hydrogens is 1270 g/mol. The Bertz CT molecular complexity index is 2210. The number of nitrogens with one attached hydrogen (secondary N) is 1. The van der Waals surface area contributed by atoms with Crippen LogP contribution in [0.25, 0.3) is 0 Å². The summed E-state index contributed by atoms with van der Waals surface area (Å²) in [6.45, 7) is -8.70. The third-order valence-corrected chi connectivity index (χ3v) is 16.7. The molecule has 0 bridgehead atoms. The molecule has 42 nitrogen and oxygen atoms in total. The molecule has 0 aromatic carbocycles. The zero-order valence-electron chi connectivity index (χ0n) is 48.6. The van der Waals surface area contributed by atoms with Gasteiger partial charge < -0.3 is 204 Å². The maximum Gasteiger partial charge on any atom is 0.217 e. The number of aliphatic hydroxyl groups is 26. The van der Waals surface area contributed by atoms with E-state index in [2.05, 4.69) is 5.32 Å². The Morgan fingerprint density at radius 1 is 0.348 bits per heavy atom. The van der Waals surface area contributed by atoms with Crippen molar-refractivity contribution >= 4 is 5.91 Å². The predicted octanol–water partition coefficient (Wildman–Crippen LogP) is -18.7. The van der Waals surface area contributed by atoms with Gasteiger partial charge >= 0.3 is 0 Å². The lowest BCUT2D eigenvalue weighted by Crippen LogP contribution is -2.68. The van der Waals surface area contributed by atoms with Gasteiger partial charge in [0.05, 0.1) is 65.5 Å². The molecule has 0 radical (unpaired) electrons. The molecule has 92 heavy (non-hydrogen) atoms. The molecule has 7 fully saturated rings. The maximum atomic E-state index is 12.2. The van der Waals surface area contributed by atoms with E-state index < -0.39 is 305 Å².